The highest BCUT2D eigenvalue weighted by Crippen LogP contribution is 2.22. The second-order valence-corrected chi connectivity index (χ2v) is 6.03. The van der Waals surface area contributed by atoms with Crippen molar-refractivity contribution in [2.75, 3.05) is 18.9 Å². The van der Waals surface area contributed by atoms with Crippen LogP contribution >= 0.6 is 0 Å². The van der Waals surface area contributed by atoms with Crippen LogP contribution in [0, 0.1) is 12.3 Å². The monoisotopic (exact) mass is 290 g/mol. The maximum absolute atomic E-state index is 12.4. The average Bonchev–Trinajstić information content (AvgIpc) is 2.46. The van der Waals surface area contributed by atoms with Crippen LogP contribution in [0.1, 0.15) is 39.2 Å². The molecule has 0 unspecified atom stereocenters. The molecule has 4 heteroatoms. The lowest BCUT2D eigenvalue weighted by molar-refractivity contribution is -0.145. The van der Waals surface area contributed by atoms with Gasteiger partial charge in [-0.3, -0.25) is 9.59 Å². The quantitative estimate of drug-likeness (QED) is 0.818. The minimum atomic E-state index is -1.08. The molecule has 0 bridgehead atoms. The van der Waals surface area contributed by atoms with Crippen molar-refractivity contribution in [2.24, 2.45) is 5.41 Å². The van der Waals surface area contributed by atoms with Gasteiger partial charge in [-0.25, -0.2) is 0 Å². The summed E-state index contributed by atoms with van der Waals surface area (Å²) >= 11 is 0. The van der Waals surface area contributed by atoms with Crippen LogP contribution in [0.15, 0.2) is 24.3 Å². The summed E-state index contributed by atoms with van der Waals surface area (Å²) in [5.41, 5.74) is 0.762. The van der Waals surface area contributed by atoms with Crippen LogP contribution in [0.2, 0.25) is 0 Å². The summed E-state index contributed by atoms with van der Waals surface area (Å²) in [6, 6.07) is 7.54. The number of carbonyl (C=O) groups excluding carboxylic acids is 2. The molecule has 1 aromatic carbocycles. The van der Waals surface area contributed by atoms with E-state index in [1.54, 1.807) is 25.8 Å². The molecule has 2 amide bonds. The fourth-order valence-corrected chi connectivity index (χ4v) is 2.00. The first-order chi connectivity index (χ1) is 9.78. The second kappa shape index (κ2) is 7.25. The van der Waals surface area contributed by atoms with Gasteiger partial charge in [-0.1, -0.05) is 31.0 Å². The summed E-state index contributed by atoms with van der Waals surface area (Å²) in [6.07, 6.45) is 1.96. The predicted molar refractivity (Wildman–Crippen MR) is 86.1 cm³/mol. The standard InChI is InChI=1S/C17H26N2O2/c1-6-7-12-19(5)16(21)17(3,4)15(20)18-14-10-8-13(2)9-11-14/h8-11H,6-7,12H2,1-5H3,(H,18,20). The molecule has 0 aromatic heterocycles. The fraction of sp³-hybridized carbons (Fsp3) is 0.529. The normalized spacial score (nSPS) is 11.1. The van der Waals surface area contributed by atoms with E-state index in [1.165, 1.54) is 0 Å². The number of benzene rings is 1. The van der Waals surface area contributed by atoms with E-state index in [0.29, 0.717) is 12.2 Å². The number of hydrogen-bond acceptors (Lipinski definition) is 2. The molecule has 0 radical (unpaired) electrons. The second-order valence-electron chi connectivity index (χ2n) is 6.03. The fourth-order valence-electron chi connectivity index (χ4n) is 2.00. The van der Waals surface area contributed by atoms with Crippen molar-refractivity contribution < 1.29 is 9.59 Å². The lowest BCUT2D eigenvalue weighted by Crippen LogP contribution is -2.46. The first kappa shape index (κ1) is 17.2. The Kier molecular flexibility index (Phi) is 5.94. The van der Waals surface area contributed by atoms with Gasteiger partial charge in [0.05, 0.1) is 0 Å². The molecule has 4 nitrogen and oxygen atoms in total. The van der Waals surface area contributed by atoms with Gasteiger partial charge in [0.1, 0.15) is 5.41 Å². The minimum absolute atomic E-state index is 0.152. The molecule has 1 aromatic rings. The Morgan fingerprint density at radius 2 is 1.76 bits per heavy atom. The van der Waals surface area contributed by atoms with Gasteiger partial charge in [0.2, 0.25) is 11.8 Å². The average molecular weight is 290 g/mol. The number of aryl methyl sites for hydroxylation is 1. The molecular formula is C17H26N2O2. The van der Waals surface area contributed by atoms with Gasteiger partial charge < -0.3 is 10.2 Å². The number of carbonyl (C=O) groups is 2. The highest BCUT2D eigenvalue weighted by Gasteiger charge is 2.38. The highest BCUT2D eigenvalue weighted by molar-refractivity contribution is 6.09. The van der Waals surface area contributed by atoms with Gasteiger partial charge in [0.15, 0.2) is 0 Å². The van der Waals surface area contributed by atoms with E-state index < -0.39 is 5.41 Å². The Morgan fingerprint density at radius 1 is 1.19 bits per heavy atom. The molecule has 0 fully saturated rings. The highest BCUT2D eigenvalue weighted by atomic mass is 16.2. The Balaban J connectivity index is 2.74. The first-order valence-corrected chi connectivity index (χ1v) is 7.42. The molecule has 1 N–H and O–H groups in total. The molecule has 1 rings (SSSR count). The molecular weight excluding hydrogens is 264 g/mol. The summed E-state index contributed by atoms with van der Waals surface area (Å²) < 4.78 is 0. The summed E-state index contributed by atoms with van der Waals surface area (Å²) in [4.78, 5) is 26.4. The SMILES string of the molecule is CCCCN(C)C(=O)C(C)(C)C(=O)Nc1ccc(C)cc1. The van der Waals surface area contributed by atoms with Crippen LogP contribution in [-0.4, -0.2) is 30.3 Å². The molecule has 0 atom stereocenters. The molecule has 0 aliphatic carbocycles. The van der Waals surface area contributed by atoms with Crippen molar-refractivity contribution in [1.29, 1.82) is 0 Å². The van der Waals surface area contributed by atoms with Gasteiger partial charge in [0.25, 0.3) is 0 Å². The van der Waals surface area contributed by atoms with Crippen molar-refractivity contribution in [3.8, 4) is 0 Å². The number of nitrogens with one attached hydrogen (secondary N) is 1. The van der Waals surface area contributed by atoms with Crippen molar-refractivity contribution in [3.05, 3.63) is 29.8 Å². The summed E-state index contributed by atoms with van der Waals surface area (Å²) in [5, 5.41) is 2.81. The Hall–Kier alpha value is -1.84. The minimum Gasteiger partial charge on any atom is -0.345 e. The van der Waals surface area contributed by atoms with Crippen LogP contribution in [0.3, 0.4) is 0 Å². The summed E-state index contributed by atoms with van der Waals surface area (Å²) in [7, 11) is 1.75. The van der Waals surface area contributed by atoms with E-state index in [9.17, 15) is 9.59 Å². The maximum Gasteiger partial charge on any atom is 0.239 e. The van der Waals surface area contributed by atoms with Gasteiger partial charge in [-0.05, 0) is 39.3 Å². The lowest BCUT2D eigenvalue weighted by atomic mass is 9.90. The zero-order valence-corrected chi connectivity index (χ0v) is 13.7. The number of anilines is 1. The zero-order valence-electron chi connectivity index (χ0n) is 13.7. The van der Waals surface area contributed by atoms with Gasteiger partial charge in [0, 0.05) is 19.3 Å². The predicted octanol–water partition coefficient (Wildman–Crippen LogP) is 3.22. The first-order valence-electron chi connectivity index (χ1n) is 7.42. The van der Waals surface area contributed by atoms with E-state index in [4.69, 9.17) is 0 Å². The van der Waals surface area contributed by atoms with E-state index >= 15 is 0 Å². The van der Waals surface area contributed by atoms with Crippen LogP contribution in [0.4, 0.5) is 5.69 Å². The Bertz CT molecular complexity index is 492. The largest absolute Gasteiger partial charge is 0.345 e. The molecule has 0 saturated heterocycles. The van der Waals surface area contributed by atoms with Gasteiger partial charge in [-0.15, -0.1) is 0 Å². The topological polar surface area (TPSA) is 49.4 Å². The lowest BCUT2D eigenvalue weighted by Gasteiger charge is -2.28. The zero-order chi connectivity index (χ0) is 16.0. The number of rotatable bonds is 6. The molecule has 0 heterocycles. The third-order valence-electron chi connectivity index (χ3n) is 3.61. The smallest absolute Gasteiger partial charge is 0.239 e. The van der Waals surface area contributed by atoms with Gasteiger partial charge in [-0.2, -0.15) is 0 Å². The molecule has 116 valence electrons. The van der Waals surface area contributed by atoms with Crippen molar-refractivity contribution in [2.45, 2.75) is 40.5 Å². The Morgan fingerprint density at radius 3 is 2.29 bits per heavy atom. The molecule has 21 heavy (non-hydrogen) atoms. The number of nitrogens with zero attached hydrogens (tertiary/aromatic N) is 1. The maximum atomic E-state index is 12.4. The Labute approximate surface area is 127 Å². The molecule has 0 spiro atoms. The van der Waals surface area contributed by atoms with Crippen LogP contribution in [0.25, 0.3) is 0 Å². The summed E-state index contributed by atoms with van der Waals surface area (Å²) in [6.45, 7) is 8.08. The van der Waals surface area contributed by atoms with E-state index in [0.717, 1.165) is 18.4 Å². The van der Waals surface area contributed by atoms with Crippen molar-refractivity contribution in [3.63, 3.8) is 0 Å². The van der Waals surface area contributed by atoms with Crippen LogP contribution in [-0.2, 0) is 9.59 Å². The van der Waals surface area contributed by atoms with Crippen molar-refractivity contribution >= 4 is 17.5 Å². The van der Waals surface area contributed by atoms with Crippen LogP contribution in [0.5, 0.6) is 0 Å². The molecule has 0 aliphatic rings. The molecule has 0 saturated carbocycles. The van der Waals surface area contributed by atoms with Crippen LogP contribution < -0.4 is 5.32 Å². The third kappa shape index (κ3) is 4.59. The summed E-state index contributed by atoms with van der Waals surface area (Å²) in [5.74, 6) is -0.430. The number of unbranched alkanes of at least 4 members (excludes halogenated alkanes) is 1. The van der Waals surface area contributed by atoms with Crippen molar-refractivity contribution in [1.82, 2.24) is 4.90 Å². The number of hydrogen-bond donors (Lipinski definition) is 1. The van der Waals surface area contributed by atoms with E-state index in [2.05, 4.69) is 12.2 Å². The van der Waals surface area contributed by atoms with E-state index in [1.807, 2.05) is 31.2 Å². The third-order valence-corrected chi connectivity index (χ3v) is 3.61. The number of amides is 2. The van der Waals surface area contributed by atoms with Gasteiger partial charge >= 0.3 is 0 Å². The molecule has 0 aliphatic heterocycles. The van der Waals surface area contributed by atoms with E-state index in [-0.39, 0.29) is 11.8 Å².